The number of aromatic nitrogens is 1. The zero-order valence-electron chi connectivity index (χ0n) is 10.8. The SMILES string of the molecule is Cc1cc(-c2ccc(C(F)(F)F)cc2)n[c]c1S(N)(=O)=O. The van der Waals surface area contributed by atoms with Crippen LogP contribution in [0, 0.1) is 13.1 Å². The Labute approximate surface area is 119 Å². The Bertz CT molecular complexity index is 769. The molecule has 1 radical (unpaired) electrons. The van der Waals surface area contributed by atoms with Crippen LogP contribution >= 0.6 is 0 Å². The molecule has 0 fully saturated rings. The minimum absolute atomic E-state index is 0.238. The average molecular weight is 315 g/mol. The molecule has 0 saturated carbocycles. The van der Waals surface area contributed by atoms with E-state index in [0.29, 0.717) is 16.8 Å². The normalized spacial score (nSPS) is 12.4. The number of aryl methyl sites for hydroxylation is 1. The smallest absolute Gasteiger partial charge is 0.245 e. The molecule has 0 unspecified atom stereocenters. The minimum Gasteiger partial charge on any atom is -0.245 e. The molecule has 0 spiro atoms. The van der Waals surface area contributed by atoms with Gasteiger partial charge in [0.1, 0.15) is 11.1 Å². The van der Waals surface area contributed by atoms with Crippen molar-refractivity contribution in [3.05, 3.63) is 47.7 Å². The number of benzene rings is 1. The van der Waals surface area contributed by atoms with E-state index in [1.54, 1.807) is 0 Å². The van der Waals surface area contributed by atoms with Gasteiger partial charge in [0, 0.05) is 5.56 Å². The molecule has 2 rings (SSSR count). The van der Waals surface area contributed by atoms with E-state index in [-0.39, 0.29) is 4.90 Å². The van der Waals surface area contributed by atoms with Gasteiger partial charge in [-0.1, -0.05) is 12.1 Å². The summed E-state index contributed by atoms with van der Waals surface area (Å²) in [4.78, 5) is 3.56. The van der Waals surface area contributed by atoms with Crippen LogP contribution in [0.5, 0.6) is 0 Å². The summed E-state index contributed by atoms with van der Waals surface area (Å²) in [7, 11) is -3.93. The quantitative estimate of drug-likeness (QED) is 0.925. The van der Waals surface area contributed by atoms with E-state index < -0.39 is 21.8 Å². The molecular formula is C13H10F3N2O2S. The van der Waals surface area contributed by atoms with Crippen molar-refractivity contribution in [2.24, 2.45) is 5.14 Å². The van der Waals surface area contributed by atoms with Crippen LogP contribution in [-0.2, 0) is 16.2 Å². The van der Waals surface area contributed by atoms with Crippen LogP contribution < -0.4 is 5.14 Å². The standard InChI is InChI=1S/C13H10F3N2O2S/c1-8-6-11(18-7-12(8)21(17,19)20)9-2-4-10(5-3-9)13(14,15)16/h2-6H,1H3,(H2,17,19,20). The van der Waals surface area contributed by atoms with Gasteiger partial charge in [0.2, 0.25) is 10.0 Å². The molecule has 2 aromatic rings. The number of pyridine rings is 1. The number of halogens is 3. The summed E-state index contributed by atoms with van der Waals surface area (Å²) in [5.74, 6) is 0. The number of hydrogen-bond donors (Lipinski definition) is 1. The summed E-state index contributed by atoms with van der Waals surface area (Å²) in [5, 5.41) is 4.99. The minimum atomic E-state index is -4.41. The number of nitrogens with zero attached hydrogens (tertiary/aromatic N) is 1. The van der Waals surface area contributed by atoms with Crippen LogP contribution in [-0.4, -0.2) is 13.4 Å². The third kappa shape index (κ3) is 3.40. The van der Waals surface area contributed by atoms with Crippen LogP contribution in [0.1, 0.15) is 11.1 Å². The van der Waals surface area contributed by atoms with Crippen LogP contribution in [0.25, 0.3) is 11.3 Å². The lowest BCUT2D eigenvalue weighted by atomic mass is 10.1. The van der Waals surface area contributed by atoms with Crippen molar-refractivity contribution in [1.82, 2.24) is 4.98 Å². The lowest BCUT2D eigenvalue weighted by molar-refractivity contribution is -0.137. The van der Waals surface area contributed by atoms with E-state index in [1.165, 1.54) is 25.1 Å². The van der Waals surface area contributed by atoms with E-state index in [1.807, 2.05) is 0 Å². The number of hydrogen-bond acceptors (Lipinski definition) is 3. The van der Waals surface area contributed by atoms with Crippen LogP contribution in [0.3, 0.4) is 0 Å². The molecule has 1 aromatic carbocycles. The first-order chi connectivity index (χ1) is 9.59. The monoisotopic (exact) mass is 315 g/mol. The van der Waals surface area contributed by atoms with Gasteiger partial charge in [-0.05, 0) is 30.7 Å². The van der Waals surface area contributed by atoms with Crippen molar-refractivity contribution < 1.29 is 21.6 Å². The Kier molecular flexibility index (Phi) is 3.77. The van der Waals surface area contributed by atoms with Gasteiger partial charge in [0.25, 0.3) is 0 Å². The van der Waals surface area contributed by atoms with Crippen LogP contribution in [0.2, 0.25) is 0 Å². The number of rotatable bonds is 2. The summed E-state index contributed by atoms with van der Waals surface area (Å²) in [6, 6.07) is 5.81. The molecular weight excluding hydrogens is 305 g/mol. The maximum Gasteiger partial charge on any atom is 0.416 e. The molecule has 0 atom stereocenters. The first-order valence-corrected chi connectivity index (χ1v) is 7.23. The lowest BCUT2D eigenvalue weighted by Gasteiger charge is -2.08. The summed E-state index contributed by atoms with van der Waals surface area (Å²) >= 11 is 0. The molecule has 0 saturated heterocycles. The predicted molar refractivity (Wildman–Crippen MR) is 69.6 cm³/mol. The third-order valence-electron chi connectivity index (χ3n) is 2.78. The van der Waals surface area contributed by atoms with E-state index in [0.717, 1.165) is 12.1 Å². The number of nitrogens with two attached hydrogens (primary N) is 1. The Balaban J connectivity index is 2.42. The number of sulfonamides is 1. The van der Waals surface area contributed by atoms with Gasteiger partial charge in [-0.3, -0.25) is 0 Å². The highest BCUT2D eigenvalue weighted by Gasteiger charge is 2.30. The molecule has 21 heavy (non-hydrogen) atoms. The Morgan fingerprint density at radius 3 is 2.19 bits per heavy atom. The zero-order chi connectivity index (χ0) is 15.8. The maximum atomic E-state index is 12.5. The summed E-state index contributed by atoms with van der Waals surface area (Å²) in [6.07, 6.45) is -2.11. The second kappa shape index (κ2) is 5.12. The van der Waals surface area contributed by atoms with Crippen LogP contribution in [0.4, 0.5) is 13.2 Å². The Hall–Kier alpha value is -1.93. The zero-order valence-corrected chi connectivity index (χ0v) is 11.6. The van der Waals surface area contributed by atoms with E-state index in [2.05, 4.69) is 11.2 Å². The molecule has 2 N–H and O–H groups in total. The molecule has 0 bridgehead atoms. The van der Waals surface area contributed by atoms with Gasteiger partial charge in [0.15, 0.2) is 0 Å². The third-order valence-corrected chi connectivity index (χ3v) is 3.76. The molecule has 1 heterocycles. The van der Waals surface area contributed by atoms with Crippen LogP contribution in [0.15, 0.2) is 35.2 Å². The van der Waals surface area contributed by atoms with Crippen molar-refractivity contribution in [1.29, 1.82) is 0 Å². The fourth-order valence-electron chi connectivity index (χ4n) is 1.77. The van der Waals surface area contributed by atoms with Crippen molar-refractivity contribution in [3.8, 4) is 11.3 Å². The van der Waals surface area contributed by atoms with Crippen molar-refractivity contribution in [2.45, 2.75) is 18.0 Å². The molecule has 0 aliphatic heterocycles. The fourth-order valence-corrected chi connectivity index (χ4v) is 2.45. The van der Waals surface area contributed by atoms with Gasteiger partial charge < -0.3 is 0 Å². The summed E-state index contributed by atoms with van der Waals surface area (Å²) in [6.45, 7) is 1.51. The van der Waals surface area contributed by atoms with Gasteiger partial charge >= 0.3 is 6.18 Å². The molecule has 0 aliphatic rings. The van der Waals surface area contributed by atoms with E-state index in [9.17, 15) is 21.6 Å². The summed E-state index contributed by atoms with van der Waals surface area (Å²) < 4.78 is 59.9. The first-order valence-electron chi connectivity index (χ1n) is 5.69. The first kappa shape index (κ1) is 15.5. The topological polar surface area (TPSA) is 73.0 Å². The Morgan fingerprint density at radius 2 is 1.76 bits per heavy atom. The second-order valence-electron chi connectivity index (χ2n) is 4.39. The van der Waals surface area contributed by atoms with Gasteiger partial charge in [-0.2, -0.15) is 13.2 Å². The molecule has 111 valence electrons. The fraction of sp³-hybridized carbons (Fsp3) is 0.154. The van der Waals surface area contributed by atoms with Gasteiger partial charge in [-0.25, -0.2) is 18.5 Å². The molecule has 0 amide bonds. The van der Waals surface area contributed by atoms with Gasteiger partial charge in [-0.15, -0.1) is 0 Å². The molecule has 1 aromatic heterocycles. The van der Waals surface area contributed by atoms with Gasteiger partial charge in [0.05, 0.1) is 11.3 Å². The largest absolute Gasteiger partial charge is 0.416 e. The molecule has 0 aliphatic carbocycles. The Morgan fingerprint density at radius 1 is 1.19 bits per heavy atom. The highest BCUT2D eigenvalue weighted by molar-refractivity contribution is 7.89. The maximum absolute atomic E-state index is 12.5. The second-order valence-corrected chi connectivity index (χ2v) is 5.88. The molecule has 4 nitrogen and oxygen atoms in total. The number of alkyl halides is 3. The number of primary sulfonamides is 1. The van der Waals surface area contributed by atoms with Crippen molar-refractivity contribution >= 4 is 10.0 Å². The summed E-state index contributed by atoms with van der Waals surface area (Å²) in [5.41, 5.74) is 0.285. The highest BCUT2D eigenvalue weighted by atomic mass is 32.2. The lowest BCUT2D eigenvalue weighted by Crippen LogP contribution is -2.14. The highest BCUT2D eigenvalue weighted by Crippen LogP contribution is 2.30. The van der Waals surface area contributed by atoms with E-state index in [4.69, 9.17) is 5.14 Å². The average Bonchev–Trinajstić information content (AvgIpc) is 2.36. The molecule has 8 heteroatoms. The van der Waals surface area contributed by atoms with Crippen molar-refractivity contribution in [3.63, 3.8) is 0 Å². The predicted octanol–water partition coefficient (Wildman–Crippen LogP) is 2.52. The van der Waals surface area contributed by atoms with Crippen molar-refractivity contribution in [2.75, 3.05) is 0 Å². The van der Waals surface area contributed by atoms with E-state index >= 15 is 0 Å².